The van der Waals surface area contributed by atoms with Crippen LogP contribution in [0.4, 0.5) is 17.3 Å². The highest BCUT2D eigenvalue weighted by molar-refractivity contribution is 6.74. The van der Waals surface area contributed by atoms with E-state index >= 15 is 0 Å². The minimum absolute atomic E-state index is 0.111. The zero-order chi connectivity index (χ0) is 31.0. The molecule has 10 heteroatoms. The highest BCUT2D eigenvalue weighted by atomic mass is 35.5. The molecule has 1 atom stereocenters. The fraction of sp³-hybridized carbons (Fsp3) is 0.485. The number of benzene rings is 2. The van der Waals surface area contributed by atoms with Crippen molar-refractivity contribution in [1.82, 2.24) is 9.97 Å². The van der Waals surface area contributed by atoms with Crippen molar-refractivity contribution in [3.8, 4) is 23.1 Å². The van der Waals surface area contributed by atoms with Crippen molar-refractivity contribution in [2.45, 2.75) is 70.0 Å². The molecule has 0 bridgehead atoms. The Labute approximate surface area is 261 Å². The number of nitrogens with zero attached hydrogens (tertiary/aromatic N) is 3. The van der Waals surface area contributed by atoms with Gasteiger partial charge in [-0.2, -0.15) is 5.26 Å². The molecule has 2 aromatic carbocycles. The second-order valence-corrected chi connectivity index (χ2v) is 18.6. The van der Waals surface area contributed by atoms with Gasteiger partial charge in [0, 0.05) is 48.6 Å². The molecular formula is C33H42ClN5O3Si. The Morgan fingerprint density at radius 2 is 1.95 bits per heavy atom. The maximum absolute atomic E-state index is 10.1. The summed E-state index contributed by atoms with van der Waals surface area (Å²) in [5, 5.41) is 17.6. The van der Waals surface area contributed by atoms with Crippen LogP contribution in [0.5, 0.6) is 5.75 Å². The zero-order valence-corrected chi connectivity index (χ0v) is 28.0. The highest BCUT2D eigenvalue weighted by Gasteiger charge is 2.42. The number of rotatable bonds is 8. The molecule has 0 saturated carbocycles. The molecule has 5 rings (SSSR count). The monoisotopic (exact) mass is 619 g/mol. The van der Waals surface area contributed by atoms with E-state index in [2.05, 4.69) is 68.5 Å². The number of methoxy groups -OCH3 is 1. The summed E-state index contributed by atoms with van der Waals surface area (Å²) in [7, 11) is -0.311. The number of hydrogen-bond donors (Lipinski definition) is 2. The van der Waals surface area contributed by atoms with Crippen molar-refractivity contribution < 1.29 is 13.9 Å². The van der Waals surface area contributed by atoms with Crippen molar-refractivity contribution in [1.29, 1.82) is 5.26 Å². The molecular weight excluding hydrogens is 578 g/mol. The molecule has 228 valence electrons. The third-order valence-electron chi connectivity index (χ3n) is 9.30. The number of ether oxygens (including phenoxy) is 2. The van der Waals surface area contributed by atoms with Crippen molar-refractivity contribution in [3.05, 3.63) is 58.2 Å². The van der Waals surface area contributed by atoms with Crippen LogP contribution in [0.1, 0.15) is 63.1 Å². The molecule has 1 aromatic heterocycles. The third-order valence-corrected chi connectivity index (χ3v) is 14.1. The maximum Gasteiger partial charge on any atom is 0.227 e. The summed E-state index contributed by atoms with van der Waals surface area (Å²) in [4.78, 5) is 9.30. The van der Waals surface area contributed by atoms with Crippen molar-refractivity contribution in [2.24, 2.45) is 0 Å². The van der Waals surface area contributed by atoms with Gasteiger partial charge in [0.15, 0.2) is 8.32 Å². The van der Waals surface area contributed by atoms with Gasteiger partial charge in [0.25, 0.3) is 0 Å². The van der Waals surface area contributed by atoms with E-state index in [1.165, 1.54) is 0 Å². The smallest absolute Gasteiger partial charge is 0.227 e. The highest BCUT2D eigenvalue weighted by Crippen LogP contribution is 2.44. The fourth-order valence-corrected chi connectivity index (χ4v) is 6.90. The lowest BCUT2D eigenvalue weighted by molar-refractivity contribution is 0.0853. The average molecular weight is 620 g/mol. The number of hydrogen-bond acceptors (Lipinski definition) is 8. The van der Waals surface area contributed by atoms with Gasteiger partial charge in [0.1, 0.15) is 11.8 Å². The van der Waals surface area contributed by atoms with Crippen molar-refractivity contribution in [3.63, 3.8) is 0 Å². The lowest BCUT2D eigenvalue weighted by Crippen LogP contribution is -2.45. The first kappa shape index (κ1) is 31.3. The van der Waals surface area contributed by atoms with E-state index in [4.69, 9.17) is 30.5 Å². The molecule has 1 fully saturated rings. The third kappa shape index (κ3) is 6.39. The molecule has 8 nitrogen and oxygen atoms in total. The van der Waals surface area contributed by atoms with Crippen molar-refractivity contribution >= 4 is 37.2 Å². The van der Waals surface area contributed by atoms with Gasteiger partial charge >= 0.3 is 0 Å². The van der Waals surface area contributed by atoms with Crippen LogP contribution in [0.2, 0.25) is 23.2 Å². The molecule has 0 spiro atoms. The summed E-state index contributed by atoms with van der Waals surface area (Å²) in [6, 6.07) is 12.2. The first-order chi connectivity index (χ1) is 20.3. The van der Waals surface area contributed by atoms with Crippen LogP contribution in [0.15, 0.2) is 36.5 Å². The minimum Gasteiger partial charge on any atom is -0.495 e. The van der Waals surface area contributed by atoms with Gasteiger partial charge in [0.2, 0.25) is 5.95 Å². The van der Waals surface area contributed by atoms with Crippen LogP contribution in [-0.4, -0.2) is 51.8 Å². The SMILES string of the molecule is COc1cc(C2CCOCC2)c(Cl)cc1Nc1nccc(-c2cc(C#N)c3c(c2)[C@@](C)(CO[Si](C)(C)C(C)(C)C)CN3)n1. The summed E-state index contributed by atoms with van der Waals surface area (Å²) in [6.07, 6.45) is 3.58. The Bertz CT molecular complexity index is 1540. The second-order valence-electron chi connectivity index (χ2n) is 13.4. The molecule has 0 unspecified atom stereocenters. The number of anilines is 3. The Balaban J connectivity index is 1.44. The number of aromatic nitrogens is 2. The minimum atomic E-state index is -1.96. The largest absolute Gasteiger partial charge is 0.495 e. The van der Waals surface area contributed by atoms with Gasteiger partial charge in [-0.1, -0.05) is 39.3 Å². The van der Waals surface area contributed by atoms with Crippen LogP contribution < -0.4 is 15.4 Å². The number of nitrogens with one attached hydrogen (secondary N) is 2. The van der Waals surface area contributed by atoms with E-state index in [0.29, 0.717) is 52.7 Å². The Hall–Kier alpha value is -3.16. The number of nitriles is 1. The van der Waals surface area contributed by atoms with Crippen LogP contribution in [0, 0.1) is 11.3 Å². The van der Waals surface area contributed by atoms with Crippen LogP contribution in [0.3, 0.4) is 0 Å². The van der Waals surface area contributed by atoms with Gasteiger partial charge in [0.05, 0.1) is 29.7 Å². The van der Waals surface area contributed by atoms with E-state index in [1.807, 2.05) is 24.3 Å². The first-order valence-corrected chi connectivity index (χ1v) is 18.2. The van der Waals surface area contributed by atoms with E-state index in [0.717, 1.165) is 48.4 Å². The average Bonchev–Trinajstić information content (AvgIpc) is 3.32. The summed E-state index contributed by atoms with van der Waals surface area (Å²) < 4.78 is 17.9. The number of halogens is 1. The van der Waals surface area contributed by atoms with Crippen molar-refractivity contribution in [2.75, 3.05) is 44.1 Å². The van der Waals surface area contributed by atoms with Gasteiger partial charge in [-0.15, -0.1) is 0 Å². The molecule has 3 heterocycles. The molecule has 0 aliphatic carbocycles. The Morgan fingerprint density at radius 1 is 1.21 bits per heavy atom. The van der Waals surface area contributed by atoms with E-state index in [-0.39, 0.29) is 10.5 Å². The topological polar surface area (TPSA) is 101 Å². The van der Waals surface area contributed by atoms with Gasteiger partial charge in [-0.05, 0) is 78.4 Å². The summed E-state index contributed by atoms with van der Waals surface area (Å²) in [5.74, 6) is 1.42. The van der Waals surface area contributed by atoms with E-state index in [9.17, 15) is 5.26 Å². The molecule has 1 saturated heterocycles. The molecule has 3 aromatic rings. The normalized spacial score (nSPS) is 19.0. The quantitative estimate of drug-likeness (QED) is 0.244. The summed E-state index contributed by atoms with van der Waals surface area (Å²) >= 11 is 6.76. The number of fused-ring (bicyclic) bond motifs is 1. The van der Waals surface area contributed by atoms with E-state index in [1.54, 1.807) is 13.3 Å². The summed E-state index contributed by atoms with van der Waals surface area (Å²) in [6.45, 7) is 16.3. The second kappa shape index (κ2) is 12.1. The molecule has 0 amide bonds. The lowest BCUT2D eigenvalue weighted by atomic mass is 9.83. The van der Waals surface area contributed by atoms with Gasteiger partial charge in [-0.25, -0.2) is 9.97 Å². The fourth-order valence-electron chi connectivity index (χ4n) is 5.47. The zero-order valence-electron chi connectivity index (χ0n) is 26.2. The van der Waals surface area contributed by atoms with Gasteiger partial charge in [-0.3, -0.25) is 0 Å². The molecule has 2 N–H and O–H groups in total. The van der Waals surface area contributed by atoms with Crippen LogP contribution in [-0.2, 0) is 14.6 Å². The predicted octanol–water partition coefficient (Wildman–Crippen LogP) is 8.02. The predicted molar refractivity (Wildman–Crippen MR) is 175 cm³/mol. The van der Waals surface area contributed by atoms with Crippen LogP contribution in [0.25, 0.3) is 11.3 Å². The van der Waals surface area contributed by atoms with Gasteiger partial charge < -0.3 is 24.5 Å². The Kier molecular flexibility index (Phi) is 8.79. The summed E-state index contributed by atoms with van der Waals surface area (Å²) in [5.41, 5.74) is 5.58. The lowest BCUT2D eigenvalue weighted by Gasteiger charge is -2.39. The molecule has 2 aliphatic heterocycles. The van der Waals surface area contributed by atoms with Crippen LogP contribution >= 0.6 is 11.6 Å². The Morgan fingerprint density at radius 3 is 2.63 bits per heavy atom. The molecule has 0 radical (unpaired) electrons. The van der Waals surface area contributed by atoms with E-state index < -0.39 is 8.32 Å². The standard InChI is InChI=1S/C33H42ClN5O3Si/c1-32(2,3)43(6,7)42-20-33(4)19-37-30-23(18-35)14-22(15-25(30)33)27-8-11-36-31(38-27)39-28-17-26(34)24(16-29(28)40-5)21-9-12-41-13-10-21/h8,11,14-17,21,37H,9-10,12-13,19-20H2,1-7H3,(H,36,38,39)/t33-/m1/s1. The maximum atomic E-state index is 10.1. The first-order valence-electron chi connectivity index (χ1n) is 14.9. The molecule has 2 aliphatic rings. The molecule has 43 heavy (non-hydrogen) atoms.